The zero-order chi connectivity index (χ0) is 7.68. The van der Waals surface area contributed by atoms with E-state index in [1.165, 1.54) is 5.56 Å². The molecule has 56 valence electrons. The van der Waals surface area contributed by atoms with Crippen LogP contribution in [0, 0.1) is 0 Å². The van der Waals surface area contributed by atoms with Gasteiger partial charge in [-0.1, -0.05) is 0 Å². The minimum atomic E-state index is 0.883. The molecule has 0 aromatic carbocycles. The number of hydrogen-bond donors (Lipinski definition) is 1. The molecule has 0 bridgehead atoms. The molecule has 1 nitrogen and oxygen atoms in total. The van der Waals surface area contributed by atoms with Gasteiger partial charge in [-0.2, -0.15) is 11.3 Å². The van der Waals surface area contributed by atoms with Gasteiger partial charge in [-0.3, -0.25) is 0 Å². The molecule has 11 heavy (non-hydrogen) atoms. The molecule has 0 unspecified atom stereocenters. The Morgan fingerprint density at radius 1 is 1.09 bits per heavy atom. The van der Waals surface area contributed by atoms with Crippen molar-refractivity contribution in [2.75, 3.05) is 5.73 Å². The molecular weight excluding hydrogens is 174 g/mol. The van der Waals surface area contributed by atoms with Crippen LogP contribution < -0.4 is 5.73 Å². The third kappa shape index (κ3) is 1.17. The second kappa shape index (κ2) is 2.68. The van der Waals surface area contributed by atoms with Gasteiger partial charge in [0, 0.05) is 16.3 Å². The van der Waals surface area contributed by atoms with Crippen LogP contribution in [0.1, 0.15) is 0 Å². The second-order valence-corrected chi connectivity index (χ2v) is 3.78. The summed E-state index contributed by atoms with van der Waals surface area (Å²) in [5.41, 5.74) is 9.02. The van der Waals surface area contributed by atoms with Gasteiger partial charge < -0.3 is 5.73 Å². The van der Waals surface area contributed by atoms with E-state index in [0.717, 1.165) is 11.3 Å². The normalized spacial score (nSPS) is 10.2. The molecule has 0 amide bonds. The maximum atomic E-state index is 5.75. The molecule has 0 aliphatic heterocycles. The van der Waals surface area contributed by atoms with Gasteiger partial charge >= 0.3 is 0 Å². The predicted molar refractivity (Wildman–Crippen MR) is 52.0 cm³/mol. The number of anilines is 1. The van der Waals surface area contributed by atoms with E-state index in [1.54, 1.807) is 22.7 Å². The Morgan fingerprint density at radius 3 is 2.55 bits per heavy atom. The summed E-state index contributed by atoms with van der Waals surface area (Å²) in [5, 5.41) is 8.22. The quantitative estimate of drug-likeness (QED) is 0.719. The van der Waals surface area contributed by atoms with Crippen LogP contribution in [-0.4, -0.2) is 0 Å². The molecule has 0 saturated heterocycles. The minimum Gasteiger partial charge on any atom is -0.398 e. The topological polar surface area (TPSA) is 26.0 Å². The standard InChI is InChI=1S/C8H7NS2/c9-8-5-11-4-7(8)6-1-2-10-3-6/h1-5H,9H2. The van der Waals surface area contributed by atoms with Crippen LogP contribution in [-0.2, 0) is 0 Å². The van der Waals surface area contributed by atoms with E-state index in [0.29, 0.717) is 0 Å². The fourth-order valence-corrected chi connectivity index (χ4v) is 2.37. The number of nitrogen functional groups attached to an aromatic ring is 1. The van der Waals surface area contributed by atoms with Crippen LogP contribution in [0.5, 0.6) is 0 Å². The van der Waals surface area contributed by atoms with Crippen LogP contribution in [0.4, 0.5) is 5.69 Å². The highest BCUT2D eigenvalue weighted by atomic mass is 32.1. The third-order valence-electron chi connectivity index (χ3n) is 1.52. The molecule has 0 radical (unpaired) electrons. The van der Waals surface area contributed by atoms with Gasteiger partial charge in [-0.15, -0.1) is 11.3 Å². The van der Waals surface area contributed by atoms with Crippen molar-refractivity contribution in [3.63, 3.8) is 0 Å². The molecule has 2 aromatic rings. The summed E-state index contributed by atoms with van der Waals surface area (Å²) < 4.78 is 0. The molecule has 2 N–H and O–H groups in total. The van der Waals surface area contributed by atoms with E-state index in [4.69, 9.17) is 5.73 Å². The zero-order valence-electron chi connectivity index (χ0n) is 5.78. The Labute approximate surface area is 73.1 Å². The lowest BCUT2D eigenvalue weighted by atomic mass is 10.2. The molecular formula is C8H7NS2. The fraction of sp³-hybridized carbons (Fsp3) is 0. The van der Waals surface area contributed by atoms with E-state index >= 15 is 0 Å². The molecule has 0 saturated carbocycles. The SMILES string of the molecule is Nc1cscc1-c1ccsc1. The van der Waals surface area contributed by atoms with E-state index in [-0.39, 0.29) is 0 Å². The molecule has 0 aliphatic carbocycles. The Bertz CT molecular complexity index is 335. The van der Waals surface area contributed by atoms with Crippen LogP contribution in [0.3, 0.4) is 0 Å². The lowest BCUT2D eigenvalue weighted by Crippen LogP contribution is -1.81. The van der Waals surface area contributed by atoms with Gasteiger partial charge in [-0.05, 0) is 22.4 Å². The van der Waals surface area contributed by atoms with Crippen molar-refractivity contribution in [3.05, 3.63) is 27.6 Å². The lowest BCUT2D eigenvalue weighted by molar-refractivity contribution is 1.80. The van der Waals surface area contributed by atoms with Crippen LogP contribution in [0.15, 0.2) is 27.6 Å². The highest BCUT2D eigenvalue weighted by Crippen LogP contribution is 2.30. The van der Waals surface area contributed by atoms with Crippen LogP contribution in [0.2, 0.25) is 0 Å². The summed E-state index contributed by atoms with van der Waals surface area (Å²) in [7, 11) is 0. The zero-order valence-corrected chi connectivity index (χ0v) is 7.41. The number of rotatable bonds is 1. The van der Waals surface area contributed by atoms with E-state index in [9.17, 15) is 0 Å². The smallest absolute Gasteiger partial charge is 0.0502 e. The summed E-state index contributed by atoms with van der Waals surface area (Å²) in [4.78, 5) is 0. The van der Waals surface area contributed by atoms with Gasteiger partial charge in [-0.25, -0.2) is 0 Å². The summed E-state index contributed by atoms with van der Waals surface area (Å²) in [6.07, 6.45) is 0. The average molecular weight is 181 g/mol. The van der Waals surface area contributed by atoms with Crippen molar-refractivity contribution < 1.29 is 0 Å². The number of hydrogen-bond acceptors (Lipinski definition) is 3. The van der Waals surface area contributed by atoms with Gasteiger partial charge in [0.05, 0.1) is 5.69 Å². The first-order chi connectivity index (χ1) is 5.38. The Morgan fingerprint density at radius 2 is 2.00 bits per heavy atom. The summed E-state index contributed by atoms with van der Waals surface area (Å²) >= 11 is 3.34. The Balaban J connectivity index is 2.53. The maximum absolute atomic E-state index is 5.75. The van der Waals surface area contributed by atoms with Gasteiger partial charge in [0.15, 0.2) is 0 Å². The van der Waals surface area contributed by atoms with Gasteiger partial charge in [0.1, 0.15) is 0 Å². The predicted octanol–water partition coefficient (Wildman–Crippen LogP) is 3.06. The minimum absolute atomic E-state index is 0.883. The van der Waals surface area contributed by atoms with Crippen molar-refractivity contribution in [2.45, 2.75) is 0 Å². The average Bonchev–Trinajstić information content (AvgIpc) is 2.55. The van der Waals surface area contributed by atoms with E-state index in [1.807, 2.05) is 5.38 Å². The molecule has 0 aliphatic rings. The van der Waals surface area contributed by atoms with E-state index in [2.05, 4.69) is 22.2 Å². The van der Waals surface area contributed by atoms with Crippen molar-refractivity contribution in [3.8, 4) is 11.1 Å². The third-order valence-corrected chi connectivity index (χ3v) is 2.97. The number of thiophene rings is 2. The van der Waals surface area contributed by atoms with Crippen LogP contribution in [0.25, 0.3) is 11.1 Å². The highest BCUT2D eigenvalue weighted by Gasteiger charge is 2.01. The molecule has 2 aromatic heterocycles. The Kier molecular flexibility index (Phi) is 1.68. The molecule has 2 rings (SSSR count). The molecule has 0 fully saturated rings. The first-order valence-electron chi connectivity index (χ1n) is 3.22. The molecule has 0 spiro atoms. The number of nitrogens with two attached hydrogens (primary N) is 1. The molecule has 0 atom stereocenters. The van der Waals surface area contributed by atoms with E-state index < -0.39 is 0 Å². The van der Waals surface area contributed by atoms with Gasteiger partial charge in [0.2, 0.25) is 0 Å². The second-order valence-electron chi connectivity index (χ2n) is 2.25. The summed E-state index contributed by atoms with van der Waals surface area (Å²) in [6, 6.07) is 2.09. The first-order valence-corrected chi connectivity index (χ1v) is 5.11. The fourth-order valence-electron chi connectivity index (χ4n) is 0.959. The molecule has 3 heteroatoms. The monoisotopic (exact) mass is 181 g/mol. The van der Waals surface area contributed by atoms with Gasteiger partial charge in [0.25, 0.3) is 0 Å². The lowest BCUT2D eigenvalue weighted by Gasteiger charge is -1.92. The van der Waals surface area contributed by atoms with Crippen molar-refractivity contribution >= 4 is 28.4 Å². The van der Waals surface area contributed by atoms with Crippen LogP contribution >= 0.6 is 22.7 Å². The molecule has 2 heterocycles. The van der Waals surface area contributed by atoms with Crippen molar-refractivity contribution in [1.29, 1.82) is 0 Å². The summed E-state index contributed by atoms with van der Waals surface area (Å²) in [6.45, 7) is 0. The van der Waals surface area contributed by atoms with Crippen molar-refractivity contribution in [1.82, 2.24) is 0 Å². The Hall–Kier alpha value is -0.800. The highest BCUT2D eigenvalue weighted by molar-refractivity contribution is 7.09. The largest absolute Gasteiger partial charge is 0.398 e. The first kappa shape index (κ1) is 6.88. The van der Waals surface area contributed by atoms with Crippen molar-refractivity contribution in [2.24, 2.45) is 0 Å². The maximum Gasteiger partial charge on any atom is 0.0502 e. The summed E-state index contributed by atoms with van der Waals surface area (Å²) in [5.74, 6) is 0.